The van der Waals surface area contributed by atoms with Gasteiger partial charge in [0.15, 0.2) is 5.96 Å². The van der Waals surface area contributed by atoms with Gasteiger partial charge in [0.1, 0.15) is 0 Å². The zero-order chi connectivity index (χ0) is 19.1. The molecule has 1 fully saturated rings. The molecule has 0 bridgehead atoms. The van der Waals surface area contributed by atoms with Crippen LogP contribution in [-0.4, -0.2) is 80.3 Å². The highest BCUT2D eigenvalue weighted by Crippen LogP contribution is 2.24. The van der Waals surface area contributed by atoms with Gasteiger partial charge in [0.25, 0.3) is 0 Å². The smallest absolute Gasteiger partial charge is 0.191 e. The first-order chi connectivity index (χ1) is 13.2. The molecule has 1 aromatic rings. The van der Waals surface area contributed by atoms with Gasteiger partial charge >= 0.3 is 0 Å². The summed E-state index contributed by atoms with van der Waals surface area (Å²) in [5.74, 6) is 0.928. The summed E-state index contributed by atoms with van der Waals surface area (Å²) in [5, 5.41) is 9.16. The van der Waals surface area contributed by atoms with E-state index in [1.165, 1.54) is 12.0 Å². The molecule has 8 heteroatoms. The van der Waals surface area contributed by atoms with E-state index in [1.807, 2.05) is 11.3 Å². The molecule has 28 heavy (non-hydrogen) atoms. The van der Waals surface area contributed by atoms with Crippen LogP contribution in [0.15, 0.2) is 16.4 Å². The number of hydrogen-bond acceptors (Lipinski definition) is 5. The van der Waals surface area contributed by atoms with Crippen LogP contribution in [0.25, 0.3) is 0 Å². The Labute approximate surface area is 191 Å². The Morgan fingerprint density at radius 3 is 2.71 bits per heavy atom. The van der Waals surface area contributed by atoms with E-state index in [9.17, 15) is 0 Å². The molecule has 2 atom stereocenters. The highest BCUT2D eigenvalue weighted by Gasteiger charge is 2.21. The fraction of sp³-hybridized carbons (Fsp3) is 0.750. The molecule has 1 saturated heterocycles. The number of rotatable bonds is 7. The van der Waals surface area contributed by atoms with E-state index in [-0.39, 0.29) is 24.0 Å². The minimum Gasteiger partial charge on any atom is -0.379 e. The molecule has 2 N–H and O–H groups in total. The van der Waals surface area contributed by atoms with Crippen LogP contribution in [0.4, 0.5) is 0 Å². The highest BCUT2D eigenvalue weighted by molar-refractivity contribution is 14.0. The van der Waals surface area contributed by atoms with Gasteiger partial charge in [-0.3, -0.25) is 14.8 Å². The molecule has 0 radical (unpaired) electrons. The van der Waals surface area contributed by atoms with Crippen molar-refractivity contribution in [3.05, 3.63) is 21.9 Å². The molecular formula is C20H36IN5OS. The summed E-state index contributed by atoms with van der Waals surface area (Å²) in [6.45, 7) is 15.2. The molecule has 2 aliphatic rings. The predicted octanol–water partition coefficient (Wildman–Crippen LogP) is 2.39. The number of morpholine rings is 1. The number of aliphatic imine (C=N–C) groups is 1. The normalized spacial score (nSPS) is 20.8. The van der Waals surface area contributed by atoms with E-state index in [0.717, 1.165) is 65.0 Å². The van der Waals surface area contributed by atoms with Gasteiger partial charge in [0.2, 0.25) is 0 Å². The fourth-order valence-electron chi connectivity index (χ4n) is 3.72. The minimum atomic E-state index is 0. The minimum absolute atomic E-state index is 0. The van der Waals surface area contributed by atoms with Crippen molar-refractivity contribution in [3.63, 3.8) is 0 Å². The van der Waals surface area contributed by atoms with E-state index in [2.05, 4.69) is 52.7 Å². The number of hydrogen-bond donors (Lipinski definition) is 2. The fourth-order valence-corrected chi connectivity index (χ4v) is 4.61. The number of nitrogens with one attached hydrogen (secondary N) is 2. The van der Waals surface area contributed by atoms with Crippen LogP contribution in [0, 0.1) is 0 Å². The van der Waals surface area contributed by atoms with Crippen molar-refractivity contribution in [2.45, 2.75) is 45.8 Å². The summed E-state index contributed by atoms with van der Waals surface area (Å²) in [7, 11) is 0. The maximum atomic E-state index is 5.45. The summed E-state index contributed by atoms with van der Waals surface area (Å²) in [6, 6.07) is 3.21. The first-order valence-corrected chi connectivity index (χ1v) is 11.2. The largest absolute Gasteiger partial charge is 0.379 e. The SMILES string of the molecule is CCNC(=NCC(C)N1CCOCC1)NCC(C)N1CCc2sccc2C1.I. The Hall–Kier alpha value is -0.420. The Balaban J connectivity index is 0.00000280. The second-order valence-electron chi connectivity index (χ2n) is 7.54. The topological polar surface area (TPSA) is 52.1 Å². The lowest BCUT2D eigenvalue weighted by Gasteiger charge is -2.33. The number of fused-ring (bicyclic) bond motifs is 1. The van der Waals surface area contributed by atoms with Crippen LogP contribution >= 0.6 is 35.3 Å². The maximum absolute atomic E-state index is 5.45. The molecule has 0 spiro atoms. The molecule has 3 heterocycles. The van der Waals surface area contributed by atoms with Crippen molar-refractivity contribution in [2.24, 2.45) is 4.99 Å². The Morgan fingerprint density at radius 1 is 1.18 bits per heavy atom. The summed E-state index contributed by atoms with van der Waals surface area (Å²) in [6.07, 6.45) is 1.18. The molecule has 0 aliphatic carbocycles. The van der Waals surface area contributed by atoms with Gasteiger partial charge in [-0.05, 0) is 44.2 Å². The van der Waals surface area contributed by atoms with Crippen molar-refractivity contribution in [1.82, 2.24) is 20.4 Å². The average molecular weight is 522 g/mol. The second-order valence-corrected chi connectivity index (χ2v) is 8.54. The zero-order valence-electron chi connectivity index (χ0n) is 17.4. The number of halogens is 1. The van der Waals surface area contributed by atoms with Crippen LogP contribution in [0.1, 0.15) is 31.2 Å². The molecule has 0 saturated carbocycles. The highest BCUT2D eigenvalue weighted by atomic mass is 127. The van der Waals surface area contributed by atoms with E-state index in [0.29, 0.717) is 12.1 Å². The lowest BCUT2D eigenvalue weighted by atomic mass is 10.1. The third-order valence-corrected chi connectivity index (χ3v) is 6.58. The van der Waals surface area contributed by atoms with Crippen molar-refractivity contribution in [2.75, 3.05) is 52.5 Å². The second kappa shape index (κ2) is 12.3. The van der Waals surface area contributed by atoms with E-state index >= 15 is 0 Å². The third kappa shape index (κ3) is 6.83. The quantitative estimate of drug-likeness (QED) is 0.328. The summed E-state index contributed by atoms with van der Waals surface area (Å²) in [4.78, 5) is 11.4. The number of ether oxygens (including phenoxy) is 1. The Bertz CT molecular complexity index is 605. The lowest BCUT2D eigenvalue weighted by Crippen LogP contribution is -2.48. The molecule has 0 amide bonds. The molecule has 160 valence electrons. The summed E-state index contributed by atoms with van der Waals surface area (Å²) in [5.41, 5.74) is 1.51. The molecule has 0 aromatic carbocycles. The van der Waals surface area contributed by atoms with Gasteiger partial charge in [-0.25, -0.2) is 0 Å². The average Bonchev–Trinajstić information content (AvgIpc) is 3.18. The van der Waals surface area contributed by atoms with Crippen molar-refractivity contribution < 1.29 is 4.74 Å². The summed E-state index contributed by atoms with van der Waals surface area (Å²) >= 11 is 1.90. The monoisotopic (exact) mass is 521 g/mol. The standard InChI is InChI=1S/C20H35N5OS.HI/c1-4-21-20(22-13-16(2)24-8-10-26-11-9-24)23-14-17(3)25-7-5-19-18(15-25)6-12-27-19;/h6,12,16-17H,4-5,7-11,13-15H2,1-3H3,(H2,21,22,23);1H. The van der Waals surface area contributed by atoms with Crippen LogP contribution in [-0.2, 0) is 17.7 Å². The molecule has 3 rings (SSSR count). The van der Waals surface area contributed by atoms with Crippen molar-refractivity contribution >= 4 is 41.3 Å². The van der Waals surface area contributed by atoms with Gasteiger partial charge < -0.3 is 15.4 Å². The van der Waals surface area contributed by atoms with Crippen molar-refractivity contribution in [1.29, 1.82) is 0 Å². The van der Waals surface area contributed by atoms with Crippen LogP contribution < -0.4 is 10.6 Å². The van der Waals surface area contributed by atoms with Gasteiger partial charge in [-0.1, -0.05) is 0 Å². The van der Waals surface area contributed by atoms with Crippen molar-refractivity contribution in [3.8, 4) is 0 Å². The Kier molecular flexibility index (Phi) is 10.5. The van der Waals surface area contributed by atoms with Gasteiger partial charge in [0, 0.05) is 56.2 Å². The van der Waals surface area contributed by atoms with Gasteiger partial charge in [-0.2, -0.15) is 0 Å². The maximum Gasteiger partial charge on any atom is 0.191 e. The summed E-state index contributed by atoms with van der Waals surface area (Å²) < 4.78 is 5.45. The molecule has 6 nitrogen and oxygen atoms in total. The first-order valence-electron chi connectivity index (χ1n) is 10.3. The zero-order valence-corrected chi connectivity index (χ0v) is 20.6. The van der Waals surface area contributed by atoms with Crippen LogP contribution in [0.5, 0.6) is 0 Å². The van der Waals surface area contributed by atoms with Gasteiger partial charge in [-0.15, -0.1) is 35.3 Å². The lowest BCUT2D eigenvalue weighted by molar-refractivity contribution is 0.0220. The third-order valence-electron chi connectivity index (χ3n) is 5.55. The van der Waals surface area contributed by atoms with E-state index in [1.54, 1.807) is 4.88 Å². The molecule has 2 aliphatic heterocycles. The first kappa shape index (κ1) is 23.9. The predicted molar refractivity (Wildman–Crippen MR) is 129 cm³/mol. The number of nitrogens with zero attached hydrogens (tertiary/aromatic N) is 3. The number of thiophene rings is 1. The van der Waals surface area contributed by atoms with Crippen LogP contribution in [0.3, 0.4) is 0 Å². The van der Waals surface area contributed by atoms with Gasteiger partial charge in [0.05, 0.1) is 19.8 Å². The van der Waals surface area contributed by atoms with E-state index in [4.69, 9.17) is 9.73 Å². The number of guanidine groups is 1. The molecule has 1 aromatic heterocycles. The molecule has 2 unspecified atom stereocenters. The Morgan fingerprint density at radius 2 is 1.96 bits per heavy atom. The van der Waals surface area contributed by atoms with Crippen LogP contribution in [0.2, 0.25) is 0 Å². The molecular weight excluding hydrogens is 485 g/mol. The van der Waals surface area contributed by atoms with E-state index < -0.39 is 0 Å².